The van der Waals surface area contributed by atoms with Crippen molar-refractivity contribution in [3.05, 3.63) is 132 Å². The second-order valence-corrected chi connectivity index (χ2v) is 20.2. The molecule has 31 heteroatoms. The van der Waals surface area contributed by atoms with E-state index in [0.29, 0.717) is 5.69 Å². The van der Waals surface area contributed by atoms with E-state index in [9.17, 15) is 47.9 Å². The van der Waals surface area contributed by atoms with Crippen molar-refractivity contribution in [2.24, 2.45) is 62.1 Å². The van der Waals surface area contributed by atoms with E-state index in [1.807, 2.05) is 0 Å². The highest BCUT2D eigenvalue weighted by Gasteiger charge is 2.25. The van der Waals surface area contributed by atoms with Gasteiger partial charge in [0.2, 0.25) is 23.5 Å². The highest BCUT2D eigenvalue weighted by Crippen LogP contribution is 2.24. The molecule has 1 aliphatic heterocycles. The molecule has 0 spiro atoms. The topological polar surface area (TPSA) is 382 Å². The Morgan fingerprint density at radius 2 is 0.659 bits per heavy atom. The maximum atomic E-state index is 13.5. The van der Waals surface area contributed by atoms with E-state index in [1.54, 1.807) is 62.6 Å². The van der Waals surface area contributed by atoms with Crippen LogP contribution in [0.3, 0.4) is 0 Å². The minimum Gasteiger partial charge on any atom is -0.351 e. The average molecular weight is 1160 g/mol. The fourth-order valence-corrected chi connectivity index (χ4v) is 9.31. The zero-order valence-corrected chi connectivity index (χ0v) is 47.3. The van der Waals surface area contributed by atoms with Gasteiger partial charge in [-0.3, -0.25) is 47.9 Å². The largest absolute Gasteiger partial charge is 0.351 e. The van der Waals surface area contributed by atoms with Gasteiger partial charge in [-0.2, -0.15) is 0 Å². The lowest BCUT2D eigenvalue weighted by Gasteiger charge is -2.11. The maximum absolute atomic E-state index is 13.5. The molecule has 9 heterocycles. The van der Waals surface area contributed by atoms with Crippen LogP contribution in [-0.4, -0.2) is 125 Å². The van der Waals surface area contributed by atoms with Gasteiger partial charge >= 0.3 is 0 Å². The van der Waals surface area contributed by atoms with Crippen molar-refractivity contribution in [1.29, 1.82) is 0 Å². The van der Waals surface area contributed by atoms with Gasteiger partial charge in [0.05, 0.1) is 40.2 Å². The number of hydrogen-bond donors (Lipinski definition) is 11. The monoisotopic (exact) mass is 1160 g/mol. The molecule has 1 aliphatic rings. The van der Waals surface area contributed by atoms with Crippen LogP contribution in [0.2, 0.25) is 0 Å². The number of carbonyl (C=O) groups is 10. The molecule has 31 nitrogen and oxygen atoms in total. The van der Waals surface area contributed by atoms with Gasteiger partial charge < -0.3 is 95.4 Å². The lowest BCUT2D eigenvalue weighted by Crippen LogP contribution is -2.39. The number of anilines is 8. The summed E-state index contributed by atoms with van der Waals surface area (Å²) in [5, 5.41) is 27.2. The third-order valence-corrected chi connectivity index (χ3v) is 13.6. The van der Waals surface area contributed by atoms with Gasteiger partial charge in [0.1, 0.15) is 34.2 Å². The third kappa shape index (κ3) is 13.3. The van der Waals surface area contributed by atoms with Gasteiger partial charge in [-0.25, -0.2) is 9.97 Å². The van der Waals surface area contributed by atoms with Crippen molar-refractivity contribution in [2.75, 3.05) is 55.6 Å². The van der Waals surface area contributed by atoms with Crippen LogP contribution in [0.5, 0.6) is 0 Å². The lowest BCUT2D eigenvalue weighted by molar-refractivity contribution is -0.117. The summed E-state index contributed by atoms with van der Waals surface area (Å²) in [6.07, 6.45) is 12.3. The van der Waals surface area contributed by atoms with Crippen molar-refractivity contribution < 1.29 is 47.9 Å². The number of nitrogens with two attached hydrogens (primary N) is 1. The number of rotatable bonds is 0. The van der Waals surface area contributed by atoms with Gasteiger partial charge in [-0.05, 0) is 49.2 Å². The lowest BCUT2D eigenvalue weighted by atomic mass is 10.2. The number of nitrogens with zero attached hydrogens (tertiary/aromatic N) is 10. The van der Waals surface area contributed by atoms with E-state index in [0.717, 1.165) is 0 Å². The number of nitrogens with one attached hydrogen (secondary N) is 10. The van der Waals surface area contributed by atoms with E-state index in [1.165, 1.54) is 116 Å². The average Bonchev–Trinajstić information content (AvgIpc) is 4.11. The molecule has 8 aromatic rings. The summed E-state index contributed by atoms with van der Waals surface area (Å²) >= 11 is 0. The molecule has 10 amide bonds. The predicted octanol–water partition coefficient (Wildman–Crippen LogP) is 2.25. The van der Waals surface area contributed by atoms with Gasteiger partial charge in [0.25, 0.3) is 47.3 Å². The first-order valence-electron chi connectivity index (χ1n) is 26.2. The number of amides is 10. The van der Waals surface area contributed by atoms with Crippen molar-refractivity contribution in [1.82, 2.24) is 57.1 Å². The van der Waals surface area contributed by atoms with E-state index >= 15 is 0 Å². The zero-order valence-electron chi connectivity index (χ0n) is 47.3. The van der Waals surface area contributed by atoms with Crippen molar-refractivity contribution >= 4 is 105 Å². The number of fused-ring (bicyclic) bond motifs is 16. The van der Waals surface area contributed by atoms with Crippen LogP contribution in [0.4, 0.5) is 45.8 Å². The molecule has 1 atom stereocenters. The van der Waals surface area contributed by atoms with Crippen LogP contribution in [0.25, 0.3) is 0 Å². The van der Waals surface area contributed by atoms with Crippen molar-refractivity contribution in [3.63, 3.8) is 0 Å². The number of carbonyl (C=O) groups excluding carboxylic acids is 10. The highest BCUT2D eigenvalue weighted by atomic mass is 16.2. The van der Waals surface area contributed by atoms with E-state index in [2.05, 4.69) is 63.1 Å². The normalized spacial score (nSPS) is 15.9. The van der Waals surface area contributed by atoms with E-state index < -0.39 is 65.1 Å². The molecule has 0 fully saturated rings. The Kier molecular flexibility index (Phi) is 16.5. The fraction of sp³-hybridized carbons (Fsp3) is 0.259. The molecule has 12 N–H and O–H groups in total. The molecule has 0 radical (unpaired) electrons. The van der Waals surface area contributed by atoms with Crippen molar-refractivity contribution in [3.8, 4) is 0 Å². The molecule has 0 saturated heterocycles. The maximum Gasteiger partial charge on any atom is 0.291 e. The fourth-order valence-electron chi connectivity index (χ4n) is 9.31. The molecule has 0 saturated carbocycles. The first-order chi connectivity index (χ1) is 40.4. The molecular formula is C54H61N21O10. The minimum absolute atomic E-state index is 0.00769. The van der Waals surface area contributed by atoms with E-state index in [4.69, 9.17) is 5.73 Å². The Balaban J connectivity index is 0.879. The smallest absolute Gasteiger partial charge is 0.291 e. The standard InChI is InChI=1S/C54H61N21O10/c1-68-20-28-14-35(68)47(78)56-12-9-10-43(76)64-41-26-74(7)44(65-41)53(84)62-32-18-39(72(5)24-32)51(82)60-31-17-38(71(4)23-31)50(81)59-29-15-36(69(2)21-29)48(79)57-13-11-34(55)46(77)67-42-27-75(8)45(66-42)54(85)63-33-19-40(73(6)25-33)52(83)61-30-16-37(49(80)58-28)70(3)22-30/h14-27,34H,9-13,55H2,1-8H3,(H,56,78)(H,57,79)(H,58,80)(H,59,81)(H,60,82)(H,61,83)(H,62,84)(H,63,85)(H,64,76)(H,67,77). The van der Waals surface area contributed by atoms with Crippen LogP contribution in [0.1, 0.15) is 103 Å². The molecular weight excluding hydrogens is 1100 g/mol. The van der Waals surface area contributed by atoms with Gasteiger partial charge in [-0.1, -0.05) is 0 Å². The quantitative estimate of drug-likeness (QED) is 0.104. The summed E-state index contributed by atoms with van der Waals surface area (Å²) in [6.45, 7) is 0.106. The van der Waals surface area contributed by atoms with Crippen LogP contribution in [-0.2, 0) is 66.0 Å². The molecule has 0 aliphatic carbocycles. The number of imidazole rings is 2. The summed E-state index contributed by atoms with van der Waals surface area (Å²) in [4.78, 5) is 142. The molecule has 16 bridgehead atoms. The number of aryl methyl sites for hydroxylation is 8. The predicted molar refractivity (Wildman–Crippen MR) is 310 cm³/mol. The van der Waals surface area contributed by atoms with Gasteiger partial charge in [-0.15, -0.1) is 0 Å². The highest BCUT2D eigenvalue weighted by molar-refractivity contribution is 6.10. The Hall–Kier alpha value is -11.2. The zero-order chi connectivity index (χ0) is 61.1. The summed E-state index contributed by atoms with van der Waals surface area (Å²) in [6, 6.07) is 7.66. The molecule has 85 heavy (non-hydrogen) atoms. The van der Waals surface area contributed by atoms with Crippen LogP contribution in [0, 0.1) is 0 Å². The number of hydrogen-bond acceptors (Lipinski definition) is 13. The van der Waals surface area contributed by atoms with Crippen LogP contribution in [0.15, 0.2) is 86.0 Å². The molecule has 0 aromatic carbocycles. The molecule has 1 unspecified atom stereocenters. The third-order valence-electron chi connectivity index (χ3n) is 13.6. The van der Waals surface area contributed by atoms with E-state index in [-0.39, 0.29) is 118 Å². The summed E-state index contributed by atoms with van der Waals surface area (Å²) < 4.78 is 11.8. The Morgan fingerprint density at radius 1 is 0.365 bits per heavy atom. The second kappa shape index (κ2) is 24.1. The summed E-state index contributed by atoms with van der Waals surface area (Å²) in [5.74, 6) is -5.55. The van der Waals surface area contributed by atoms with Gasteiger partial charge in [0.15, 0.2) is 11.6 Å². The molecule has 442 valence electrons. The molecule has 8 aromatic heterocycles. The summed E-state index contributed by atoms with van der Waals surface area (Å²) in [5.41, 5.74) is 8.91. The number of aromatic nitrogens is 10. The second-order valence-electron chi connectivity index (χ2n) is 20.2. The Labute approximate surface area is 483 Å². The summed E-state index contributed by atoms with van der Waals surface area (Å²) in [7, 11) is 12.8. The van der Waals surface area contributed by atoms with Gasteiger partial charge in [0, 0.05) is 125 Å². The first kappa shape index (κ1) is 58.4. The van der Waals surface area contributed by atoms with Crippen LogP contribution < -0.4 is 58.9 Å². The minimum atomic E-state index is -1.11. The Bertz CT molecular complexity index is 4020. The SMILES string of the molecule is Cn1cc2cc1C(=O)NCCCC(=O)Nc1cn(C)c(n1)C(=O)Nc1cc(n(C)c1)C(=O)Nc1cc(n(C)c1)C(=O)Nc1cc(n(C)c1)C(=O)NCCC(N)C(=O)Nc1cn(C)c(n1)C(=O)Nc1cc(n(C)c1)C(=O)Nc1cc(n(C)c1)C(=O)N2. The molecule has 9 rings (SSSR count). The van der Waals surface area contributed by atoms with Crippen molar-refractivity contribution in [2.45, 2.75) is 25.3 Å². The Morgan fingerprint density at radius 3 is 1.00 bits per heavy atom. The van der Waals surface area contributed by atoms with Crippen LogP contribution >= 0.6 is 0 Å². The first-order valence-corrected chi connectivity index (χ1v) is 26.2.